The van der Waals surface area contributed by atoms with Crippen LogP contribution in [-0.2, 0) is 6.42 Å². The number of carbonyl (C=O) groups is 1. The van der Waals surface area contributed by atoms with Gasteiger partial charge in [-0.15, -0.1) is 6.42 Å². The molecule has 0 aliphatic heterocycles. The Morgan fingerprint density at radius 1 is 1.14 bits per heavy atom. The molecule has 0 spiro atoms. The lowest BCUT2D eigenvalue weighted by atomic mass is 9.80. The Labute approximate surface area is 164 Å². The van der Waals surface area contributed by atoms with Crippen molar-refractivity contribution < 1.29 is 18.3 Å². The number of hydrogen-bond donors (Lipinski definition) is 1. The maximum absolute atomic E-state index is 14.1. The molecule has 146 valence electrons. The molecule has 1 N–H and O–H groups in total. The van der Waals surface area contributed by atoms with Gasteiger partial charge in [0, 0.05) is 11.6 Å². The molecular formula is C23H23F2NO2. The summed E-state index contributed by atoms with van der Waals surface area (Å²) >= 11 is 0. The zero-order valence-corrected chi connectivity index (χ0v) is 15.6. The number of amides is 1. The zero-order valence-electron chi connectivity index (χ0n) is 15.6. The Morgan fingerprint density at radius 2 is 1.82 bits per heavy atom. The minimum Gasteiger partial charge on any atom is -0.475 e. The number of benzene rings is 2. The molecule has 0 saturated heterocycles. The normalized spacial score (nSPS) is 18.9. The molecular weight excluding hydrogens is 360 g/mol. The van der Waals surface area contributed by atoms with Crippen LogP contribution in [0.2, 0.25) is 0 Å². The van der Waals surface area contributed by atoms with Gasteiger partial charge < -0.3 is 10.1 Å². The van der Waals surface area contributed by atoms with Crippen molar-refractivity contribution >= 4 is 5.91 Å². The molecule has 1 aliphatic carbocycles. The molecule has 5 heteroatoms. The van der Waals surface area contributed by atoms with E-state index in [4.69, 9.17) is 11.2 Å². The fourth-order valence-electron chi connectivity index (χ4n) is 3.75. The third-order valence-corrected chi connectivity index (χ3v) is 5.13. The predicted octanol–water partition coefficient (Wildman–Crippen LogP) is 4.51. The average molecular weight is 383 g/mol. The van der Waals surface area contributed by atoms with Gasteiger partial charge in [0.25, 0.3) is 5.91 Å². The van der Waals surface area contributed by atoms with Crippen molar-refractivity contribution in [3.8, 4) is 18.1 Å². The molecule has 1 aliphatic rings. The summed E-state index contributed by atoms with van der Waals surface area (Å²) in [6.07, 6.45) is 9.93. The van der Waals surface area contributed by atoms with E-state index in [9.17, 15) is 13.6 Å². The Bertz CT molecular complexity index is 838. The third kappa shape index (κ3) is 4.89. The van der Waals surface area contributed by atoms with Gasteiger partial charge in [-0.2, -0.15) is 0 Å². The van der Waals surface area contributed by atoms with Crippen molar-refractivity contribution in [2.24, 2.45) is 5.92 Å². The number of rotatable bonds is 6. The Morgan fingerprint density at radius 3 is 2.50 bits per heavy atom. The van der Waals surface area contributed by atoms with E-state index in [2.05, 4.69) is 23.4 Å². The van der Waals surface area contributed by atoms with Gasteiger partial charge in [0.2, 0.25) is 0 Å². The van der Waals surface area contributed by atoms with Crippen LogP contribution in [-0.4, -0.2) is 18.6 Å². The molecule has 2 atom stereocenters. The van der Waals surface area contributed by atoms with Crippen molar-refractivity contribution in [3.05, 3.63) is 65.2 Å². The van der Waals surface area contributed by atoms with Crippen LogP contribution in [0.25, 0.3) is 0 Å². The maximum atomic E-state index is 14.1. The molecule has 0 aromatic heterocycles. The topological polar surface area (TPSA) is 38.3 Å². The van der Waals surface area contributed by atoms with Gasteiger partial charge in [-0.3, -0.25) is 4.79 Å². The van der Waals surface area contributed by atoms with Crippen LogP contribution in [0.15, 0.2) is 42.5 Å². The fourth-order valence-corrected chi connectivity index (χ4v) is 3.75. The van der Waals surface area contributed by atoms with Gasteiger partial charge in [0.05, 0.1) is 0 Å². The molecule has 3 rings (SSSR count). The molecule has 28 heavy (non-hydrogen) atoms. The Hall–Kier alpha value is -2.87. The smallest absolute Gasteiger partial charge is 0.251 e. The molecule has 2 aromatic carbocycles. The van der Waals surface area contributed by atoms with Gasteiger partial charge >= 0.3 is 0 Å². The third-order valence-electron chi connectivity index (χ3n) is 5.13. The van der Waals surface area contributed by atoms with Crippen molar-refractivity contribution in [1.82, 2.24) is 5.32 Å². The molecule has 3 nitrogen and oxygen atoms in total. The lowest BCUT2D eigenvalue weighted by molar-refractivity contribution is 0.0904. The summed E-state index contributed by atoms with van der Waals surface area (Å²) in [6, 6.07) is 12.1. The zero-order chi connectivity index (χ0) is 19.9. The Kier molecular flexibility index (Phi) is 6.65. The largest absolute Gasteiger partial charge is 0.475 e. The first-order chi connectivity index (χ1) is 13.6. The second-order valence-electron chi connectivity index (χ2n) is 7.08. The lowest BCUT2D eigenvalue weighted by Gasteiger charge is -2.32. The van der Waals surface area contributed by atoms with Gasteiger partial charge in [-0.25, -0.2) is 8.78 Å². The summed E-state index contributed by atoms with van der Waals surface area (Å²) in [7, 11) is 0. The Balaban J connectivity index is 1.71. The summed E-state index contributed by atoms with van der Waals surface area (Å²) in [5, 5.41) is 2.98. The monoisotopic (exact) mass is 383 g/mol. The van der Waals surface area contributed by atoms with Gasteiger partial charge in [-0.1, -0.05) is 49.1 Å². The van der Waals surface area contributed by atoms with Crippen molar-refractivity contribution in [2.45, 2.75) is 38.1 Å². The minimum atomic E-state index is -0.940. The van der Waals surface area contributed by atoms with Crippen LogP contribution in [0.3, 0.4) is 0 Å². The first-order valence-electron chi connectivity index (χ1n) is 9.48. The summed E-state index contributed by atoms with van der Waals surface area (Å²) in [5.74, 6) is -0.470. The number of halogens is 2. The molecule has 1 amide bonds. The highest BCUT2D eigenvalue weighted by Gasteiger charge is 2.27. The fraction of sp³-hybridized carbons (Fsp3) is 0.348. The quantitative estimate of drug-likeness (QED) is 0.746. The summed E-state index contributed by atoms with van der Waals surface area (Å²) in [6.45, 7) is -0.247. The number of ether oxygens (including phenoxy) is 1. The second-order valence-corrected chi connectivity index (χ2v) is 7.08. The standard InChI is InChI=1S/C23H23F2NO2/c1-2-12-28-22-19(24)14-18(15-20(22)25)23(27)26-21-11-7-6-10-17(21)13-16-8-4-3-5-9-16/h1,3-5,8-9,14-15,17,21H,6-7,10-13H2,(H,26,27). The summed E-state index contributed by atoms with van der Waals surface area (Å²) in [4.78, 5) is 12.6. The number of nitrogens with one attached hydrogen (secondary N) is 1. The van der Waals surface area contributed by atoms with E-state index < -0.39 is 23.3 Å². The molecule has 0 bridgehead atoms. The highest BCUT2D eigenvalue weighted by Crippen LogP contribution is 2.28. The molecule has 1 saturated carbocycles. The highest BCUT2D eigenvalue weighted by molar-refractivity contribution is 5.94. The van der Waals surface area contributed by atoms with E-state index >= 15 is 0 Å². The van der Waals surface area contributed by atoms with E-state index in [1.807, 2.05) is 18.2 Å². The molecule has 0 radical (unpaired) electrons. The number of terminal acetylenes is 1. The van der Waals surface area contributed by atoms with Gasteiger partial charge in [-0.05, 0) is 42.9 Å². The average Bonchev–Trinajstić information content (AvgIpc) is 2.69. The minimum absolute atomic E-state index is 0.0232. The lowest BCUT2D eigenvalue weighted by Crippen LogP contribution is -2.43. The first kappa shape index (κ1) is 19.9. The first-order valence-corrected chi connectivity index (χ1v) is 9.48. The molecule has 2 unspecified atom stereocenters. The number of hydrogen-bond acceptors (Lipinski definition) is 2. The highest BCUT2D eigenvalue weighted by atomic mass is 19.1. The molecule has 0 heterocycles. The molecule has 1 fully saturated rings. The summed E-state index contributed by atoms with van der Waals surface area (Å²) < 4.78 is 33.1. The van der Waals surface area contributed by atoms with Crippen LogP contribution in [0, 0.1) is 29.9 Å². The van der Waals surface area contributed by atoms with Crippen LogP contribution in [0.4, 0.5) is 8.78 Å². The van der Waals surface area contributed by atoms with Crippen molar-refractivity contribution in [2.75, 3.05) is 6.61 Å². The number of carbonyl (C=O) groups excluding carboxylic acids is 1. The van der Waals surface area contributed by atoms with Crippen molar-refractivity contribution in [1.29, 1.82) is 0 Å². The van der Waals surface area contributed by atoms with Crippen LogP contribution < -0.4 is 10.1 Å². The SMILES string of the molecule is C#CCOc1c(F)cc(C(=O)NC2CCCCC2Cc2ccccc2)cc1F. The van der Waals surface area contributed by atoms with Crippen LogP contribution in [0.1, 0.15) is 41.6 Å². The maximum Gasteiger partial charge on any atom is 0.251 e. The van der Waals surface area contributed by atoms with E-state index in [1.54, 1.807) is 0 Å². The van der Waals surface area contributed by atoms with E-state index in [0.29, 0.717) is 5.92 Å². The van der Waals surface area contributed by atoms with Crippen LogP contribution in [0.5, 0.6) is 5.75 Å². The molecule has 2 aromatic rings. The van der Waals surface area contributed by atoms with E-state index in [0.717, 1.165) is 44.2 Å². The van der Waals surface area contributed by atoms with E-state index in [-0.39, 0.29) is 18.2 Å². The van der Waals surface area contributed by atoms with Gasteiger partial charge in [0.1, 0.15) is 6.61 Å². The summed E-state index contributed by atoms with van der Waals surface area (Å²) in [5.41, 5.74) is 1.16. The second kappa shape index (κ2) is 9.36. The van der Waals surface area contributed by atoms with E-state index in [1.165, 1.54) is 5.56 Å². The van der Waals surface area contributed by atoms with Crippen LogP contribution >= 0.6 is 0 Å². The van der Waals surface area contributed by atoms with Gasteiger partial charge in [0.15, 0.2) is 17.4 Å². The van der Waals surface area contributed by atoms with Crippen molar-refractivity contribution in [3.63, 3.8) is 0 Å². The predicted molar refractivity (Wildman–Crippen MR) is 104 cm³/mol.